The normalized spacial score (nSPS) is 13.1. The van der Waals surface area contributed by atoms with Crippen molar-refractivity contribution < 1.29 is 17.0 Å². The first-order valence-corrected chi connectivity index (χ1v) is 18.9. The molecule has 0 bridgehead atoms. The summed E-state index contributed by atoms with van der Waals surface area (Å²) in [5, 5.41) is 6.36. The molecule has 12 heteroatoms. The average molecular weight is 693 g/mol. The number of halogens is 3. The molecule has 0 amide bonds. The fourth-order valence-electron chi connectivity index (χ4n) is 5.36. The van der Waals surface area contributed by atoms with Crippen molar-refractivity contribution in [3.8, 4) is 0 Å². The quantitative estimate of drug-likeness (QED) is 0.0934. The SMILES string of the molecule is Cc1nc(Cl)c(C(CCOS(C)(=O)=O)CO[Si](c2ccccc2)(c2ccccc2)C(C)(C)C)c(Nc2ccc(Cl)cc2Cl)n1. The molecule has 1 unspecified atom stereocenters. The Kier molecular flexibility index (Phi) is 11.2. The second-order valence-electron chi connectivity index (χ2n) is 11.6. The number of rotatable bonds is 12. The molecule has 1 aromatic heterocycles. The van der Waals surface area contributed by atoms with Crippen LogP contribution in [0.3, 0.4) is 0 Å². The topological polar surface area (TPSA) is 90.4 Å². The lowest BCUT2D eigenvalue weighted by Crippen LogP contribution is -2.66. The zero-order valence-corrected chi connectivity index (χ0v) is 29.4. The van der Waals surface area contributed by atoms with Crippen molar-refractivity contribution in [1.29, 1.82) is 0 Å². The van der Waals surface area contributed by atoms with E-state index in [1.807, 2.05) is 36.4 Å². The van der Waals surface area contributed by atoms with E-state index in [4.69, 9.17) is 43.4 Å². The van der Waals surface area contributed by atoms with Gasteiger partial charge in [-0.3, -0.25) is 4.18 Å². The molecule has 0 saturated heterocycles. The van der Waals surface area contributed by atoms with E-state index in [1.165, 1.54) is 0 Å². The Labute approximate surface area is 276 Å². The lowest BCUT2D eigenvalue weighted by Gasteiger charge is -2.43. The third-order valence-electron chi connectivity index (χ3n) is 7.28. The minimum absolute atomic E-state index is 0.0844. The van der Waals surface area contributed by atoms with Gasteiger partial charge in [0.2, 0.25) is 0 Å². The molecule has 0 fully saturated rings. The number of aryl methyl sites for hydroxylation is 1. The monoisotopic (exact) mass is 691 g/mol. The molecule has 0 radical (unpaired) electrons. The highest BCUT2D eigenvalue weighted by Crippen LogP contribution is 2.40. The number of hydrogen-bond donors (Lipinski definition) is 1. The van der Waals surface area contributed by atoms with Gasteiger partial charge in [0, 0.05) is 23.1 Å². The third kappa shape index (κ3) is 8.20. The number of aromatic nitrogens is 2. The lowest BCUT2D eigenvalue weighted by atomic mass is 9.98. The molecular weight excluding hydrogens is 657 g/mol. The van der Waals surface area contributed by atoms with Crippen LogP contribution < -0.4 is 15.7 Å². The van der Waals surface area contributed by atoms with E-state index in [0.717, 1.165) is 16.6 Å². The van der Waals surface area contributed by atoms with Crippen molar-refractivity contribution in [3.05, 3.63) is 105 Å². The zero-order chi connectivity index (χ0) is 32.1. The molecule has 7 nitrogen and oxygen atoms in total. The summed E-state index contributed by atoms with van der Waals surface area (Å²) in [6.07, 6.45) is 1.29. The van der Waals surface area contributed by atoms with Crippen LogP contribution in [-0.2, 0) is 18.7 Å². The van der Waals surface area contributed by atoms with E-state index in [0.29, 0.717) is 32.9 Å². The van der Waals surface area contributed by atoms with Crippen LogP contribution in [0.5, 0.6) is 0 Å². The Morgan fingerprint density at radius 3 is 2.02 bits per heavy atom. The van der Waals surface area contributed by atoms with Gasteiger partial charge >= 0.3 is 0 Å². The molecular formula is C32H36Cl3N3O4SSi. The molecule has 4 aromatic rings. The molecule has 0 aliphatic carbocycles. The average Bonchev–Trinajstić information content (AvgIpc) is 2.94. The Morgan fingerprint density at radius 1 is 0.909 bits per heavy atom. The molecule has 1 N–H and O–H groups in total. The maximum Gasteiger partial charge on any atom is 0.264 e. The second-order valence-corrected chi connectivity index (χ2v) is 18.7. The van der Waals surface area contributed by atoms with E-state index < -0.39 is 24.4 Å². The molecule has 4 rings (SSSR count). The van der Waals surface area contributed by atoms with Crippen LogP contribution >= 0.6 is 34.8 Å². The van der Waals surface area contributed by atoms with Crippen molar-refractivity contribution >= 4 is 75.1 Å². The van der Waals surface area contributed by atoms with Gasteiger partial charge in [-0.25, -0.2) is 9.97 Å². The minimum Gasteiger partial charge on any atom is -0.407 e. The number of anilines is 2. The summed E-state index contributed by atoms with van der Waals surface area (Å²) < 4.78 is 36.3. The van der Waals surface area contributed by atoms with E-state index in [2.05, 4.69) is 60.3 Å². The third-order valence-corrected chi connectivity index (χ3v) is 13.7. The van der Waals surface area contributed by atoms with E-state index in [-0.39, 0.29) is 29.8 Å². The summed E-state index contributed by atoms with van der Waals surface area (Å²) in [5.74, 6) is 0.424. The van der Waals surface area contributed by atoms with Gasteiger partial charge in [0.15, 0.2) is 0 Å². The first kappa shape index (κ1) is 34.4. The van der Waals surface area contributed by atoms with Crippen LogP contribution in [0, 0.1) is 6.92 Å². The summed E-state index contributed by atoms with van der Waals surface area (Å²) >= 11 is 19.5. The van der Waals surface area contributed by atoms with Crippen molar-refractivity contribution in [2.24, 2.45) is 0 Å². The first-order valence-electron chi connectivity index (χ1n) is 14.1. The standard InChI is InChI=1S/C32H36Cl3N3O4SSi/c1-22-36-30(35)29(31(37-22)38-28-17-16-24(33)20-27(28)34)23(18-19-41-43(5,39)40)21-42-44(32(2,3)4,25-12-8-6-9-13-25)26-14-10-7-11-15-26/h6-17,20,23H,18-19,21H2,1-5H3,(H,36,37,38). The molecule has 234 valence electrons. The molecule has 44 heavy (non-hydrogen) atoms. The van der Waals surface area contributed by atoms with Crippen molar-refractivity contribution in [3.63, 3.8) is 0 Å². The Hall–Kier alpha value is -2.50. The molecule has 1 atom stereocenters. The number of nitrogens with zero attached hydrogens (tertiary/aromatic N) is 2. The highest BCUT2D eigenvalue weighted by Gasteiger charge is 2.50. The molecule has 0 spiro atoms. The van der Waals surface area contributed by atoms with Gasteiger partial charge in [-0.05, 0) is 47.0 Å². The van der Waals surface area contributed by atoms with Gasteiger partial charge in [-0.1, -0.05) is 116 Å². The highest BCUT2D eigenvalue weighted by molar-refractivity contribution is 7.85. The van der Waals surface area contributed by atoms with Gasteiger partial charge in [0.05, 0.1) is 23.6 Å². The Balaban J connectivity index is 1.84. The van der Waals surface area contributed by atoms with Crippen LogP contribution in [0.1, 0.15) is 44.5 Å². The van der Waals surface area contributed by atoms with E-state index in [1.54, 1.807) is 25.1 Å². The van der Waals surface area contributed by atoms with Gasteiger partial charge in [0.25, 0.3) is 18.4 Å². The van der Waals surface area contributed by atoms with E-state index >= 15 is 0 Å². The van der Waals surface area contributed by atoms with Crippen molar-refractivity contribution in [2.45, 2.75) is 45.1 Å². The zero-order valence-electron chi connectivity index (χ0n) is 25.3. The van der Waals surface area contributed by atoms with Gasteiger partial charge in [0.1, 0.15) is 16.8 Å². The highest BCUT2D eigenvalue weighted by atomic mass is 35.5. The van der Waals surface area contributed by atoms with Gasteiger partial charge in [-0.15, -0.1) is 0 Å². The molecule has 0 aliphatic rings. The van der Waals surface area contributed by atoms with Crippen LogP contribution in [0.4, 0.5) is 11.5 Å². The Bertz CT molecular complexity index is 1650. The van der Waals surface area contributed by atoms with Crippen LogP contribution in [0.2, 0.25) is 20.2 Å². The predicted molar refractivity (Wildman–Crippen MR) is 183 cm³/mol. The number of hydrogen-bond acceptors (Lipinski definition) is 7. The summed E-state index contributed by atoms with van der Waals surface area (Å²) in [6, 6.07) is 25.6. The molecule has 0 aliphatic heterocycles. The fraction of sp³-hybridized carbons (Fsp3) is 0.312. The minimum atomic E-state index is -3.68. The number of benzene rings is 3. The number of nitrogens with one attached hydrogen (secondary N) is 1. The van der Waals surface area contributed by atoms with Gasteiger partial charge < -0.3 is 9.74 Å². The molecule has 3 aromatic carbocycles. The molecule has 0 saturated carbocycles. The van der Waals surface area contributed by atoms with Crippen LogP contribution in [-0.4, -0.2) is 46.2 Å². The summed E-state index contributed by atoms with van der Waals surface area (Å²) in [4.78, 5) is 9.14. The Morgan fingerprint density at radius 2 is 1.50 bits per heavy atom. The smallest absolute Gasteiger partial charge is 0.264 e. The summed E-state index contributed by atoms with van der Waals surface area (Å²) in [5.41, 5.74) is 1.14. The van der Waals surface area contributed by atoms with Crippen molar-refractivity contribution in [2.75, 3.05) is 24.8 Å². The second kappa shape index (κ2) is 14.3. The van der Waals surface area contributed by atoms with Gasteiger partial charge in [-0.2, -0.15) is 8.42 Å². The largest absolute Gasteiger partial charge is 0.407 e. The summed E-state index contributed by atoms with van der Waals surface area (Å²) in [7, 11) is -6.64. The van der Waals surface area contributed by atoms with Crippen LogP contribution in [0.15, 0.2) is 78.9 Å². The lowest BCUT2D eigenvalue weighted by molar-refractivity contribution is 0.237. The molecule has 1 heterocycles. The maximum atomic E-state index is 11.9. The van der Waals surface area contributed by atoms with Crippen molar-refractivity contribution in [1.82, 2.24) is 9.97 Å². The first-order chi connectivity index (χ1) is 20.7. The maximum absolute atomic E-state index is 11.9. The summed E-state index contributed by atoms with van der Waals surface area (Å²) in [6.45, 7) is 8.43. The predicted octanol–water partition coefficient (Wildman–Crippen LogP) is 7.52. The fourth-order valence-corrected chi connectivity index (χ4v) is 11.2. The van der Waals surface area contributed by atoms with Crippen LogP contribution in [0.25, 0.3) is 0 Å². The van der Waals surface area contributed by atoms with E-state index in [9.17, 15) is 8.42 Å².